The number of carbonyl (C=O) groups excluding carboxylic acids is 2. The van der Waals surface area contributed by atoms with Gasteiger partial charge in [-0.3, -0.25) is 14.4 Å². The molecule has 27 heavy (non-hydrogen) atoms. The Bertz CT molecular complexity index is 800. The lowest BCUT2D eigenvalue weighted by atomic mass is 9.97. The van der Waals surface area contributed by atoms with Crippen LogP contribution in [0.5, 0.6) is 0 Å². The molecule has 1 aromatic heterocycles. The lowest BCUT2D eigenvalue weighted by molar-refractivity contribution is -0.137. The van der Waals surface area contributed by atoms with Gasteiger partial charge in [0.15, 0.2) is 0 Å². The van der Waals surface area contributed by atoms with Crippen LogP contribution in [0.25, 0.3) is 0 Å². The third kappa shape index (κ3) is 6.93. The third-order valence-electron chi connectivity index (χ3n) is 3.98. The lowest BCUT2D eigenvalue weighted by Crippen LogP contribution is -2.43. The maximum Gasteiger partial charge on any atom is 0.303 e. The molecule has 2 aromatic rings. The van der Waals surface area contributed by atoms with Gasteiger partial charge in [-0.1, -0.05) is 6.07 Å². The molecule has 8 nitrogen and oxygen atoms in total. The second kappa shape index (κ2) is 8.98. The monoisotopic (exact) mass is 372 g/mol. The van der Waals surface area contributed by atoms with Gasteiger partial charge in [0.2, 0.25) is 5.91 Å². The van der Waals surface area contributed by atoms with Crippen molar-refractivity contribution < 1.29 is 19.5 Å². The number of aryl methyl sites for hydroxylation is 1. The average Bonchev–Trinajstić information content (AvgIpc) is 3.12. The number of aliphatic carboxylic acids is 1. The minimum absolute atomic E-state index is 0.0275. The number of nitrogens with one attached hydrogen (secondary N) is 2. The molecule has 0 unspecified atom stereocenters. The van der Waals surface area contributed by atoms with Gasteiger partial charge in [-0.15, -0.1) is 0 Å². The molecule has 0 spiro atoms. The largest absolute Gasteiger partial charge is 0.481 e. The van der Waals surface area contributed by atoms with E-state index in [0.29, 0.717) is 24.2 Å². The van der Waals surface area contributed by atoms with E-state index in [9.17, 15) is 14.4 Å². The van der Waals surface area contributed by atoms with Gasteiger partial charge >= 0.3 is 5.97 Å². The van der Waals surface area contributed by atoms with Crippen molar-refractivity contribution in [2.45, 2.75) is 45.2 Å². The number of hydrogen-bond donors (Lipinski definition) is 3. The van der Waals surface area contributed by atoms with Crippen molar-refractivity contribution in [2.75, 3.05) is 5.32 Å². The molecule has 1 aromatic carbocycles. The summed E-state index contributed by atoms with van der Waals surface area (Å²) in [5.74, 6) is -1.39. The van der Waals surface area contributed by atoms with Crippen LogP contribution in [0.2, 0.25) is 0 Å². The second-order valence-electron chi connectivity index (χ2n) is 6.91. The molecule has 8 heteroatoms. The van der Waals surface area contributed by atoms with Gasteiger partial charge in [-0.2, -0.15) is 0 Å². The molecule has 0 aliphatic carbocycles. The van der Waals surface area contributed by atoms with Crippen LogP contribution in [0.15, 0.2) is 43.0 Å². The third-order valence-corrected chi connectivity index (χ3v) is 3.98. The Morgan fingerprint density at radius 2 is 2.00 bits per heavy atom. The molecular weight excluding hydrogens is 348 g/mol. The van der Waals surface area contributed by atoms with Crippen LogP contribution in [0, 0.1) is 0 Å². The molecule has 0 radical (unpaired) electrons. The SMILES string of the molecule is CC(C)(CCC(=O)O)NC(=O)c1cccc(NC(=O)CCn2ccnc2)c1. The van der Waals surface area contributed by atoms with E-state index in [1.54, 1.807) is 56.8 Å². The van der Waals surface area contributed by atoms with Crippen molar-refractivity contribution in [1.82, 2.24) is 14.9 Å². The number of nitrogens with zero attached hydrogens (tertiary/aromatic N) is 2. The highest BCUT2D eigenvalue weighted by Gasteiger charge is 2.22. The maximum absolute atomic E-state index is 12.4. The first-order valence-electron chi connectivity index (χ1n) is 8.65. The fourth-order valence-corrected chi connectivity index (χ4v) is 2.47. The summed E-state index contributed by atoms with van der Waals surface area (Å²) in [5.41, 5.74) is 0.270. The Labute approximate surface area is 157 Å². The first kappa shape index (κ1) is 20.2. The van der Waals surface area contributed by atoms with E-state index in [4.69, 9.17) is 5.11 Å². The number of benzene rings is 1. The molecule has 0 fully saturated rings. The van der Waals surface area contributed by atoms with Crippen molar-refractivity contribution in [3.05, 3.63) is 48.5 Å². The van der Waals surface area contributed by atoms with Gasteiger partial charge < -0.3 is 20.3 Å². The summed E-state index contributed by atoms with van der Waals surface area (Å²) in [6.45, 7) is 4.06. The number of amides is 2. The van der Waals surface area contributed by atoms with Crippen molar-refractivity contribution in [3.8, 4) is 0 Å². The van der Waals surface area contributed by atoms with Crippen LogP contribution in [0.3, 0.4) is 0 Å². The minimum Gasteiger partial charge on any atom is -0.481 e. The number of rotatable bonds is 9. The fraction of sp³-hybridized carbons (Fsp3) is 0.368. The zero-order valence-corrected chi connectivity index (χ0v) is 15.4. The smallest absolute Gasteiger partial charge is 0.303 e. The molecule has 1 heterocycles. The minimum atomic E-state index is -0.905. The van der Waals surface area contributed by atoms with Gasteiger partial charge in [0, 0.05) is 48.6 Å². The van der Waals surface area contributed by atoms with E-state index in [1.165, 1.54) is 0 Å². The summed E-state index contributed by atoms with van der Waals surface area (Å²) in [6.07, 6.45) is 5.65. The second-order valence-corrected chi connectivity index (χ2v) is 6.91. The molecule has 2 rings (SSSR count). The van der Waals surface area contributed by atoms with Crippen molar-refractivity contribution >= 4 is 23.5 Å². The molecule has 0 aliphatic heterocycles. The molecule has 0 saturated carbocycles. The molecular formula is C19H24N4O4. The van der Waals surface area contributed by atoms with Crippen LogP contribution in [-0.4, -0.2) is 38.0 Å². The first-order chi connectivity index (χ1) is 12.7. The number of imidazole rings is 1. The number of aromatic nitrogens is 2. The number of hydrogen-bond acceptors (Lipinski definition) is 4. The molecule has 0 aliphatic rings. The highest BCUT2D eigenvalue weighted by Crippen LogP contribution is 2.15. The van der Waals surface area contributed by atoms with Crippen LogP contribution in [0.4, 0.5) is 5.69 Å². The quantitative estimate of drug-likeness (QED) is 0.625. The van der Waals surface area contributed by atoms with E-state index in [2.05, 4.69) is 15.6 Å². The van der Waals surface area contributed by atoms with Crippen molar-refractivity contribution in [2.24, 2.45) is 0 Å². The van der Waals surface area contributed by atoms with Crippen LogP contribution in [-0.2, 0) is 16.1 Å². The van der Waals surface area contributed by atoms with E-state index in [-0.39, 0.29) is 24.7 Å². The van der Waals surface area contributed by atoms with Crippen molar-refractivity contribution in [1.29, 1.82) is 0 Å². The summed E-state index contributed by atoms with van der Waals surface area (Å²) >= 11 is 0. The maximum atomic E-state index is 12.4. The summed E-state index contributed by atoms with van der Waals surface area (Å²) < 4.78 is 1.81. The predicted molar refractivity (Wildman–Crippen MR) is 100 cm³/mol. The highest BCUT2D eigenvalue weighted by molar-refractivity contribution is 5.97. The van der Waals surface area contributed by atoms with E-state index >= 15 is 0 Å². The Balaban J connectivity index is 1.92. The average molecular weight is 372 g/mol. The molecule has 0 atom stereocenters. The number of anilines is 1. The van der Waals surface area contributed by atoms with Gasteiger partial charge in [0.25, 0.3) is 5.91 Å². The predicted octanol–water partition coefficient (Wildman–Crippen LogP) is 2.29. The number of carboxylic acid groups (broad SMARTS) is 1. The standard InChI is InChI=1S/C19H24N4O4/c1-19(2,8-6-17(25)26)22-18(27)14-4-3-5-15(12-14)21-16(24)7-10-23-11-9-20-13-23/h3-5,9,11-13H,6-8,10H2,1-2H3,(H,21,24)(H,22,27)(H,25,26). The summed E-state index contributed by atoms with van der Waals surface area (Å²) in [5, 5.41) is 14.4. The molecule has 0 bridgehead atoms. The zero-order valence-electron chi connectivity index (χ0n) is 15.4. The highest BCUT2D eigenvalue weighted by atomic mass is 16.4. The normalized spacial score (nSPS) is 11.0. The van der Waals surface area contributed by atoms with E-state index in [0.717, 1.165) is 0 Å². The fourth-order valence-electron chi connectivity index (χ4n) is 2.47. The van der Waals surface area contributed by atoms with E-state index < -0.39 is 11.5 Å². The lowest BCUT2D eigenvalue weighted by Gasteiger charge is -2.25. The van der Waals surface area contributed by atoms with Gasteiger partial charge in [-0.25, -0.2) is 4.98 Å². The Morgan fingerprint density at radius 1 is 1.22 bits per heavy atom. The first-order valence-corrected chi connectivity index (χ1v) is 8.65. The Hall–Kier alpha value is -3.16. The molecule has 0 saturated heterocycles. The Morgan fingerprint density at radius 3 is 2.67 bits per heavy atom. The van der Waals surface area contributed by atoms with E-state index in [1.807, 2.05) is 4.57 Å². The van der Waals surface area contributed by atoms with Crippen LogP contribution in [0.1, 0.15) is 43.5 Å². The van der Waals surface area contributed by atoms with Crippen LogP contribution < -0.4 is 10.6 Å². The van der Waals surface area contributed by atoms with Gasteiger partial charge in [-0.05, 0) is 38.5 Å². The molecule has 3 N–H and O–H groups in total. The van der Waals surface area contributed by atoms with Crippen molar-refractivity contribution in [3.63, 3.8) is 0 Å². The summed E-state index contributed by atoms with van der Waals surface area (Å²) in [7, 11) is 0. The van der Waals surface area contributed by atoms with Crippen LogP contribution >= 0.6 is 0 Å². The topological polar surface area (TPSA) is 113 Å². The molecule has 144 valence electrons. The summed E-state index contributed by atoms with van der Waals surface area (Å²) in [6, 6.07) is 6.63. The van der Waals surface area contributed by atoms with Gasteiger partial charge in [0.05, 0.1) is 6.33 Å². The van der Waals surface area contributed by atoms with Gasteiger partial charge in [0.1, 0.15) is 0 Å². The summed E-state index contributed by atoms with van der Waals surface area (Å²) in [4.78, 5) is 39.1. The number of carbonyl (C=O) groups is 3. The molecule has 2 amide bonds. The number of carboxylic acids is 1. The Kier molecular flexibility index (Phi) is 6.70. The zero-order chi connectivity index (χ0) is 19.9.